The minimum Gasteiger partial charge on any atom is -1.00 e. The van der Waals surface area contributed by atoms with E-state index in [1.165, 1.54) is 0 Å². The van der Waals surface area contributed by atoms with Gasteiger partial charge in [-0.05, 0) is 18.4 Å². The molecule has 0 bridgehead atoms. The predicted octanol–water partition coefficient (Wildman–Crippen LogP) is -3.01. The van der Waals surface area contributed by atoms with E-state index in [2.05, 4.69) is 0 Å². The first-order chi connectivity index (χ1) is 5.29. The zero-order chi connectivity index (χ0) is 8.10. The fourth-order valence-corrected chi connectivity index (χ4v) is 0.891. The molecule has 1 aromatic rings. The summed E-state index contributed by atoms with van der Waals surface area (Å²) in [6, 6.07) is 9.50. The fraction of sp³-hybridized carbons (Fsp3) is 0.222. The van der Waals surface area contributed by atoms with E-state index in [0.29, 0.717) is 6.42 Å². The molecule has 0 aliphatic carbocycles. The largest absolute Gasteiger partial charge is 2.00 e. The first-order valence-electron chi connectivity index (χ1n) is 3.53. The van der Waals surface area contributed by atoms with E-state index in [1.807, 2.05) is 30.3 Å². The van der Waals surface area contributed by atoms with Gasteiger partial charge in [-0.25, -0.2) is 0 Å². The van der Waals surface area contributed by atoms with Crippen molar-refractivity contribution in [2.75, 3.05) is 0 Å². The average molecular weight is 253 g/mol. The van der Waals surface area contributed by atoms with Crippen LogP contribution in [0.2, 0.25) is 0 Å². The van der Waals surface area contributed by atoms with Crippen LogP contribution in [0.25, 0.3) is 0 Å². The molecule has 0 N–H and O–H groups in total. The number of aliphatic carboxylic acids is 1. The van der Waals surface area contributed by atoms with Crippen molar-refractivity contribution in [1.82, 2.24) is 0 Å². The maximum Gasteiger partial charge on any atom is 2.00 e. The molecule has 1 rings (SSSR count). The number of hydrogen-bond donors (Lipinski definition) is 0. The third-order valence-corrected chi connectivity index (χ3v) is 1.46. The van der Waals surface area contributed by atoms with Crippen molar-refractivity contribution in [1.29, 1.82) is 0 Å². The second-order valence-corrected chi connectivity index (χ2v) is 2.36. The second-order valence-electron chi connectivity index (χ2n) is 2.36. The van der Waals surface area contributed by atoms with Crippen LogP contribution in [0.1, 0.15) is 12.0 Å². The van der Waals surface area contributed by atoms with Crippen molar-refractivity contribution >= 4 is 29.0 Å². The molecule has 0 amide bonds. The Kier molecular flexibility index (Phi) is 10.1. The number of carboxylic acid groups (broad SMARTS) is 1. The van der Waals surface area contributed by atoms with E-state index in [-0.39, 0.29) is 46.5 Å². The third kappa shape index (κ3) is 7.04. The molecule has 0 saturated carbocycles. The molecule has 0 spiro atoms. The standard InChI is InChI=1S/C9H10O2.BrH.Mg/c10-9(11)7-6-8-4-2-1-3-5-8;;/h1-5H,6-7H2,(H,10,11);1H;/q;;+2/p-2. The van der Waals surface area contributed by atoms with E-state index in [9.17, 15) is 9.90 Å². The van der Waals surface area contributed by atoms with Gasteiger partial charge in [0, 0.05) is 5.97 Å². The van der Waals surface area contributed by atoms with E-state index < -0.39 is 5.97 Å². The third-order valence-electron chi connectivity index (χ3n) is 1.46. The fourth-order valence-electron chi connectivity index (χ4n) is 0.891. The molecule has 0 heterocycles. The molecule has 0 aliphatic rings. The van der Waals surface area contributed by atoms with Gasteiger partial charge in [-0.3, -0.25) is 0 Å². The molecule has 0 atom stereocenters. The summed E-state index contributed by atoms with van der Waals surface area (Å²) >= 11 is 0. The Morgan fingerprint density at radius 2 is 1.77 bits per heavy atom. The number of benzene rings is 1. The second kappa shape index (κ2) is 8.53. The Labute approximate surface area is 104 Å². The number of aryl methyl sites for hydroxylation is 1. The number of carbonyl (C=O) groups is 1. The predicted molar refractivity (Wildman–Crippen MR) is 45.5 cm³/mol. The van der Waals surface area contributed by atoms with Crippen LogP contribution in [0, 0.1) is 0 Å². The van der Waals surface area contributed by atoms with E-state index in [1.54, 1.807) is 0 Å². The first-order valence-corrected chi connectivity index (χ1v) is 3.53. The van der Waals surface area contributed by atoms with Gasteiger partial charge < -0.3 is 26.9 Å². The Morgan fingerprint density at radius 3 is 2.23 bits per heavy atom. The zero-order valence-corrected chi connectivity index (χ0v) is 10.2. The molecule has 0 unspecified atom stereocenters. The first kappa shape index (κ1) is 15.4. The van der Waals surface area contributed by atoms with Crippen LogP contribution < -0.4 is 22.1 Å². The maximum atomic E-state index is 10.1. The van der Waals surface area contributed by atoms with Crippen LogP contribution in [0.15, 0.2) is 30.3 Å². The summed E-state index contributed by atoms with van der Waals surface area (Å²) in [6.45, 7) is 0. The van der Waals surface area contributed by atoms with Gasteiger partial charge in [-0.1, -0.05) is 30.3 Å². The summed E-state index contributed by atoms with van der Waals surface area (Å²) < 4.78 is 0. The van der Waals surface area contributed by atoms with E-state index in [4.69, 9.17) is 0 Å². The summed E-state index contributed by atoms with van der Waals surface area (Å²) in [7, 11) is 0. The summed E-state index contributed by atoms with van der Waals surface area (Å²) in [5, 5.41) is 10.1. The van der Waals surface area contributed by atoms with Gasteiger partial charge in [0.2, 0.25) is 0 Å². The average Bonchev–Trinajstić information content (AvgIpc) is 2.03. The normalized spacial score (nSPS) is 8.00. The smallest absolute Gasteiger partial charge is 1.00 e. The van der Waals surface area contributed by atoms with Crippen molar-refractivity contribution in [2.24, 2.45) is 0 Å². The molecule has 0 radical (unpaired) electrons. The Morgan fingerprint density at radius 1 is 1.23 bits per heavy atom. The molecule has 0 fully saturated rings. The van der Waals surface area contributed by atoms with Crippen molar-refractivity contribution in [3.05, 3.63) is 35.9 Å². The van der Waals surface area contributed by atoms with Gasteiger partial charge >= 0.3 is 23.1 Å². The Balaban J connectivity index is 0. The number of rotatable bonds is 3. The molecular weight excluding hydrogens is 244 g/mol. The van der Waals surface area contributed by atoms with Crippen LogP contribution in [0.4, 0.5) is 0 Å². The number of halogens is 1. The van der Waals surface area contributed by atoms with Gasteiger partial charge in [0.1, 0.15) is 0 Å². The molecule has 0 saturated heterocycles. The zero-order valence-electron chi connectivity index (χ0n) is 7.20. The van der Waals surface area contributed by atoms with Gasteiger partial charge in [-0.15, -0.1) is 0 Å². The van der Waals surface area contributed by atoms with Crippen LogP contribution in [-0.4, -0.2) is 29.0 Å². The van der Waals surface area contributed by atoms with E-state index in [0.717, 1.165) is 5.56 Å². The van der Waals surface area contributed by atoms with Gasteiger partial charge in [0.25, 0.3) is 0 Å². The molecule has 1 aromatic carbocycles. The minimum absolute atomic E-state index is 0. The van der Waals surface area contributed by atoms with Crippen LogP contribution >= 0.6 is 0 Å². The SMILES string of the molecule is O=C([O-])CCc1ccccc1.[Br-].[Mg+2]. The number of carbonyl (C=O) groups excluding carboxylic acids is 1. The van der Waals surface area contributed by atoms with E-state index >= 15 is 0 Å². The Hall–Kier alpha value is -0.0638. The summed E-state index contributed by atoms with van der Waals surface area (Å²) in [5.74, 6) is -0.992. The number of hydrogen-bond acceptors (Lipinski definition) is 2. The summed E-state index contributed by atoms with van der Waals surface area (Å²) in [5.41, 5.74) is 1.04. The van der Waals surface area contributed by atoms with Crippen LogP contribution in [0.5, 0.6) is 0 Å². The van der Waals surface area contributed by atoms with Gasteiger partial charge in [-0.2, -0.15) is 0 Å². The maximum absolute atomic E-state index is 10.1. The van der Waals surface area contributed by atoms with Gasteiger partial charge in [0.15, 0.2) is 0 Å². The van der Waals surface area contributed by atoms with Crippen molar-refractivity contribution in [3.8, 4) is 0 Å². The summed E-state index contributed by atoms with van der Waals surface area (Å²) in [4.78, 5) is 10.1. The van der Waals surface area contributed by atoms with Crippen molar-refractivity contribution < 1.29 is 26.9 Å². The van der Waals surface area contributed by atoms with Gasteiger partial charge in [0.05, 0.1) is 0 Å². The summed E-state index contributed by atoms with van der Waals surface area (Å²) in [6.07, 6.45) is 0.660. The molecule has 2 nitrogen and oxygen atoms in total. The van der Waals surface area contributed by atoms with Crippen molar-refractivity contribution in [3.63, 3.8) is 0 Å². The van der Waals surface area contributed by atoms with Crippen molar-refractivity contribution in [2.45, 2.75) is 12.8 Å². The molecule has 66 valence electrons. The molecule has 4 heteroatoms. The molecular formula is C9H9BrMgO2. The monoisotopic (exact) mass is 252 g/mol. The topological polar surface area (TPSA) is 40.1 Å². The molecule has 13 heavy (non-hydrogen) atoms. The molecule has 0 aliphatic heterocycles. The quantitative estimate of drug-likeness (QED) is 0.539. The number of carboxylic acids is 1. The van der Waals surface area contributed by atoms with Crippen LogP contribution in [-0.2, 0) is 11.2 Å². The van der Waals surface area contributed by atoms with Crippen LogP contribution in [0.3, 0.4) is 0 Å². The Bertz CT molecular complexity index is 239. The minimum atomic E-state index is -0.992. The molecule has 0 aromatic heterocycles.